The summed E-state index contributed by atoms with van der Waals surface area (Å²) in [7, 11) is 1.92. The summed E-state index contributed by atoms with van der Waals surface area (Å²) in [5.74, 6) is -0.0893. The van der Waals surface area contributed by atoms with Crippen LogP contribution in [0.5, 0.6) is 0 Å². The molecule has 1 aromatic carbocycles. The molecule has 1 nitrogen and oxygen atoms in total. The van der Waals surface area contributed by atoms with Crippen LogP contribution in [0.15, 0.2) is 18.2 Å². The van der Waals surface area contributed by atoms with Crippen LogP contribution in [0, 0.1) is 12.7 Å². The molecule has 0 aliphatic rings. The van der Waals surface area contributed by atoms with Crippen LogP contribution in [0.3, 0.4) is 0 Å². The Morgan fingerprint density at radius 1 is 1.17 bits per heavy atom. The Morgan fingerprint density at radius 3 is 2.56 bits per heavy atom. The molecular formula is C16H26FN. The Hall–Kier alpha value is -0.890. The van der Waals surface area contributed by atoms with Gasteiger partial charge in [-0.25, -0.2) is 4.39 Å². The quantitative estimate of drug-likeness (QED) is 0.657. The zero-order valence-corrected chi connectivity index (χ0v) is 11.9. The van der Waals surface area contributed by atoms with E-state index < -0.39 is 0 Å². The van der Waals surface area contributed by atoms with Gasteiger partial charge in [0.25, 0.3) is 0 Å². The van der Waals surface area contributed by atoms with E-state index in [0.29, 0.717) is 0 Å². The fraction of sp³-hybridized carbons (Fsp3) is 0.625. The molecule has 102 valence electrons. The standard InChI is InChI=1S/C16H26FN/c1-4-5-6-7-8-9-16(18-3)14-12-13(2)10-11-15(14)17/h10-12,16,18H,4-9H2,1-3H3. The topological polar surface area (TPSA) is 12.0 Å². The van der Waals surface area contributed by atoms with Crippen LogP contribution in [0.2, 0.25) is 0 Å². The van der Waals surface area contributed by atoms with E-state index in [9.17, 15) is 4.39 Å². The van der Waals surface area contributed by atoms with Crippen molar-refractivity contribution < 1.29 is 4.39 Å². The minimum Gasteiger partial charge on any atom is -0.313 e. The summed E-state index contributed by atoms with van der Waals surface area (Å²) in [5.41, 5.74) is 1.94. The minimum absolute atomic E-state index is 0.0893. The molecule has 18 heavy (non-hydrogen) atoms. The van der Waals surface area contributed by atoms with Crippen LogP contribution in [0.1, 0.15) is 62.6 Å². The van der Waals surface area contributed by atoms with Crippen LogP contribution < -0.4 is 5.32 Å². The maximum Gasteiger partial charge on any atom is 0.127 e. The van der Waals surface area contributed by atoms with Crippen LogP contribution in [-0.4, -0.2) is 7.05 Å². The summed E-state index contributed by atoms with van der Waals surface area (Å²) in [6.45, 7) is 4.23. The number of rotatable bonds is 8. The molecule has 0 amide bonds. The normalized spacial score (nSPS) is 12.7. The molecule has 0 saturated heterocycles. The van der Waals surface area contributed by atoms with Gasteiger partial charge in [-0.05, 0) is 26.5 Å². The summed E-state index contributed by atoms with van der Waals surface area (Å²) in [5, 5.41) is 3.24. The smallest absolute Gasteiger partial charge is 0.127 e. The molecule has 1 atom stereocenters. The summed E-state index contributed by atoms with van der Waals surface area (Å²) < 4.78 is 13.8. The van der Waals surface area contributed by atoms with Gasteiger partial charge in [0, 0.05) is 11.6 Å². The Bertz CT molecular complexity index is 349. The summed E-state index contributed by atoms with van der Waals surface area (Å²) in [4.78, 5) is 0. The molecule has 0 saturated carbocycles. The zero-order valence-electron chi connectivity index (χ0n) is 11.9. The Labute approximate surface area is 111 Å². The molecule has 0 aliphatic carbocycles. The lowest BCUT2D eigenvalue weighted by Crippen LogP contribution is -2.17. The molecule has 0 bridgehead atoms. The number of aryl methyl sites for hydroxylation is 1. The van der Waals surface area contributed by atoms with E-state index in [1.165, 1.54) is 32.1 Å². The van der Waals surface area contributed by atoms with Gasteiger partial charge >= 0.3 is 0 Å². The van der Waals surface area contributed by atoms with E-state index >= 15 is 0 Å². The first-order chi connectivity index (χ1) is 8.69. The van der Waals surface area contributed by atoms with Gasteiger partial charge in [-0.15, -0.1) is 0 Å². The lowest BCUT2D eigenvalue weighted by molar-refractivity contribution is 0.477. The lowest BCUT2D eigenvalue weighted by Gasteiger charge is -2.18. The predicted octanol–water partition coefficient (Wildman–Crippen LogP) is 4.76. The third kappa shape index (κ3) is 4.77. The first-order valence-corrected chi connectivity index (χ1v) is 7.12. The van der Waals surface area contributed by atoms with E-state index in [1.807, 2.05) is 26.1 Å². The van der Waals surface area contributed by atoms with Gasteiger partial charge in [0.2, 0.25) is 0 Å². The van der Waals surface area contributed by atoms with Crippen LogP contribution >= 0.6 is 0 Å². The van der Waals surface area contributed by atoms with Crippen molar-refractivity contribution in [3.8, 4) is 0 Å². The second-order valence-electron chi connectivity index (χ2n) is 5.07. The van der Waals surface area contributed by atoms with Gasteiger partial charge in [0.15, 0.2) is 0 Å². The van der Waals surface area contributed by atoms with Crippen LogP contribution in [0.25, 0.3) is 0 Å². The summed E-state index contributed by atoms with van der Waals surface area (Å²) in [6, 6.07) is 5.51. The lowest BCUT2D eigenvalue weighted by atomic mass is 9.98. The molecule has 1 N–H and O–H groups in total. The third-order valence-corrected chi connectivity index (χ3v) is 3.47. The molecule has 1 unspecified atom stereocenters. The highest BCUT2D eigenvalue weighted by molar-refractivity contribution is 5.26. The van der Waals surface area contributed by atoms with Crippen LogP contribution in [-0.2, 0) is 0 Å². The van der Waals surface area contributed by atoms with Gasteiger partial charge in [-0.1, -0.05) is 56.7 Å². The maximum absolute atomic E-state index is 13.8. The highest BCUT2D eigenvalue weighted by atomic mass is 19.1. The zero-order chi connectivity index (χ0) is 13.4. The Kier molecular flexibility index (Phi) is 6.96. The predicted molar refractivity (Wildman–Crippen MR) is 76.3 cm³/mol. The fourth-order valence-corrected chi connectivity index (χ4v) is 2.34. The second-order valence-corrected chi connectivity index (χ2v) is 5.07. The first kappa shape index (κ1) is 15.2. The molecule has 0 heterocycles. The molecule has 0 aromatic heterocycles. The molecular weight excluding hydrogens is 225 g/mol. The van der Waals surface area contributed by atoms with Crippen molar-refractivity contribution in [3.63, 3.8) is 0 Å². The van der Waals surface area contributed by atoms with E-state index in [2.05, 4.69) is 12.2 Å². The number of benzene rings is 1. The van der Waals surface area contributed by atoms with Crippen molar-refractivity contribution in [2.75, 3.05) is 7.05 Å². The third-order valence-electron chi connectivity index (χ3n) is 3.47. The van der Waals surface area contributed by atoms with Crippen molar-refractivity contribution in [1.29, 1.82) is 0 Å². The average Bonchev–Trinajstić information content (AvgIpc) is 2.37. The van der Waals surface area contributed by atoms with Crippen molar-refractivity contribution >= 4 is 0 Å². The van der Waals surface area contributed by atoms with E-state index in [0.717, 1.165) is 17.5 Å². The van der Waals surface area contributed by atoms with Crippen molar-refractivity contribution in [2.45, 2.75) is 58.4 Å². The van der Waals surface area contributed by atoms with Gasteiger partial charge in [-0.3, -0.25) is 0 Å². The van der Waals surface area contributed by atoms with E-state index in [4.69, 9.17) is 0 Å². The molecule has 0 spiro atoms. The maximum atomic E-state index is 13.8. The molecule has 1 aromatic rings. The molecule has 0 aliphatic heterocycles. The number of nitrogens with one attached hydrogen (secondary N) is 1. The van der Waals surface area contributed by atoms with Crippen molar-refractivity contribution in [1.82, 2.24) is 5.32 Å². The Balaban J connectivity index is 2.52. The molecule has 0 fully saturated rings. The molecule has 1 rings (SSSR count). The molecule has 0 radical (unpaired) electrons. The second kappa shape index (κ2) is 8.25. The monoisotopic (exact) mass is 251 g/mol. The fourth-order valence-electron chi connectivity index (χ4n) is 2.34. The Morgan fingerprint density at radius 2 is 1.89 bits per heavy atom. The SMILES string of the molecule is CCCCCCCC(NC)c1cc(C)ccc1F. The highest BCUT2D eigenvalue weighted by Crippen LogP contribution is 2.23. The highest BCUT2D eigenvalue weighted by Gasteiger charge is 2.13. The van der Waals surface area contributed by atoms with Crippen molar-refractivity contribution in [3.05, 3.63) is 35.1 Å². The summed E-state index contributed by atoms with van der Waals surface area (Å²) in [6.07, 6.45) is 7.30. The van der Waals surface area contributed by atoms with Crippen molar-refractivity contribution in [2.24, 2.45) is 0 Å². The number of hydrogen-bond donors (Lipinski definition) is 1. The van der Waals surface area contributed by atoms with E-state index in [-0.39, 0.29) is 11.9 Å². The minimum atomic E-state index is -0.0893. The van der Waals surface area contributed by atoms with Gasteiger partial charge in [0.1, 0.15) is 5.82 Å². The van der Waals surface area contributed by atoms with Crippen LogP contribution in [0.4, 0.5) is 4.39 Å². The number of unbranched alkanes of at least 4 members (excludes halogenated alkanes) is 4. The number of hydrogen-bond acceptors (Lipinski definition) is 1. The largest absolute Gasteiger partial charge is 0.313 e. The molecule has 2 heteroatoms. The summed E-state index contributed by atoms with van der Waals surface area (Å²) >= 11 is 0. The number of halogens is 1. The average molecular weight is 251 g/mol. The van der Waals surface area contributed by atoms with Gasteiger partial charge in [0.05, 0.1) is 0 Å². The van der Waals surface area contributed by atoms with Gasteiger partial charge < -0.3 is 5.32 Å². The first-order valence-electron chi connectivity index (χ1n) is 7.12. The van der Waals surface area contributed by atoms with Gasteiger partial charge in [-0.2, -0.15) is 0 Å². The van der Waals surface area contributed by atoms with E-state index in [1.54, 1.807) is 6.07 Å².